The van der Waals surface area contributed by atoms with Gasteiger partial charge >= 0.3 is 0 Å². The molecule has 1 atom stereocenters. The van der Waals surface area contributed by atoms with Crippen molar-refractivity contribution in [2.24, 2.45) is 5.92 Å². The minimum absolute atomic E-state index is 0.0545. The van der Waals surface area contributed by atoms with Gasteiger partial charge in [-0.15, -0.1) is 0 Å². The van der Waals surface area contributed by atoms with E-state index in [1.54, 1.807) is 6.20 Å². The van der Waals surface area contributed by atoms with E-state index in [1.165, 1.54) is 0 Å². The van der Waals surface area contributed by atoms with Gasteiger partial charge in [0.15, 0.2) is 0 Å². The molecule has 7 nitrogen and oxygen atoms in total. The molecule has 4 heterocycles. The van der Waals surface area contributed by atoms with E-state index in [4.69, 9.17) is 4.74 Å². The molecule has 0 N–H and O–H groups in total. The summed E-state index contributed by atoms with van der Waals surface area (Å²) in [6, 6.07) is 4.06. The first-order valence-electron chi connectivity index (χ1n) is 8.45. The van der Waals surface area contributed by atoms with Gasteiger partial charge in [-0.25, -0.2) is 4.98 Å². The molecule has 0 spiro atoms. The van der Waals surface area contributed by atoms with Crippen LogP contribution in [0.25, 0.3) is 0 Å². The molecule has 0 aromatic carbocycles. The summed E-state index contributed by atoms with van der Waals surface area (Å²) in [6.07, 6.45) is 2.02. The van der Waals surface area contributed by atoms with Crippen molar-refractivity contribution in [2.45, 2.75) is 19.0 Å². The number of rotatable bonds is 2. The van der Waals surface area contributed by atoms with Crippen LogP contribution in [0.5, 0.6) is 5.88 Å². The Labute approximate surface area is 141 Å². The first kappa shape index (κ1) is 15.4. The summed E-state index contributed by atoms with van der Waals surface area (Å²) in [5.74, 6) is 0.537. The largest absolute Gasteiger partial charge is 0.476 e. The molecule has 0 aliphatic carbocycles. The molecule has 1 aromatic rings. The second kappa shape index (κ2) is 6.05. The molecule has 2 amide bonds. The van der Waals surface area contributed by atoms with E-state index < -0.39 is 0 Å². The first-order chi connectivity index (χ1) is 11.6. The molecule has 1 aromatic heterocycles. The number of hydrogen-bond acceptors (Lipinski definition) is 5. The van der Waals surface area contributed by atoms with Crippen molar-refractivity contribution in [2.75, 3.05) is 39.8 Å². The lowest BCUT2D eigenvalue weighted by atomic mass is 10.1. The van der Waals surface area contributed by atoms with Crippen LogP contribution in [0.15, 0.2) is 18.3 Å². The number of carbonyl (C=O) groups excluding carboxylic acids is 2. The third-order valence-corrected chi connectivity index (χ3v) is 5.12. The Kier molecular flexibility index (Phi) is 3.88. The smallest absolute Gasteiger partial charge is 0.228 e. The number of amides is 2. The number of likely N-dealkylation sites (N-methyl/N-ethyl adjacent to an activating group) is 1. The minimum atomic E-state index is -0.235. The van der Waals surface area contributed by atoms with E-state index in [0.717, 1.165) is 18.7 Å². The molecule has 0 saturated carbocycles. The van der Waals surface area contributed by atoms with E-state index >= 15 is 0 Å². The molecule has 0 radical (unpaired) electrons. The Morgan fingerprint density at radius 2 is 2.17 bits per heavy atom. The number of pyridine rings is 1. The normalized spacial score (nSPS) is 25.0. The predicted molar refractivity (Wildman–Crippen MR) is 86.3 cm³/mol. The average molecular weight is 330 g/mol. The zero-order chi connectivity index (χ0) is 16.7. The molecule has 2 saturated heterocycles. The van der Waals surface area contributed by atoms with Gasteiger partial charge in [-0.2, -0.15) is 0 Å². The zero-order valence-electron chi connectivity index (χ0n) is 13.9. The van der Waals surface area contributed by atoms with E-state index in [0.29, 0.717) is 38.5 Å². The maximum Gasteiger partial charge on any atom is 0.228 e. The molecule has 3 aliphatic heterocycles. The van der Waals surface area contributed by atoms with E-state index in [1.807, 2.05) is 29.0 Å². The van der Waals surface area contributed by atoms with Crippen LogP contribution in [-0.2, 0) is 16.1 Å². The number of fused-ring (bicyclic) bond motifs is 1. The molecular formula is C17H22N4O3. The molecule has 1 unspecified atom stereocenters. The topological polar surface area (TPSA) is 66.0 Å². The van der Waals surface area contributed by atoms with Gasteiger partial charge < -0.3 is 19.4 Å². The molecular weight excluding hydrogens is 308 g/mol. The van der Waals surface area contributed by atoms with Gasteiger partial charge in [0.1, 0.15) is 6.61 Å². The Morgan fingerprint density at radius 1 is 1.33 bits per heavy atom. The predicted octanol–water partition coefficient (Wildman–Crippen LogP) is -0.0349. The second-order valence-electron chi connectivity index (χ2n) is 6.90. The van der Waals surface area contributed by atoms with E-state index in [9.17, 15) is 9.59 Å². The van der Waals surface area contributed by atoms with Gasteiger partial charge in [0, 0.05) is 37.8 Å². The van der Waals surface area contributed by atoms with Crippen LogP contribution in [0.1, 0.15) is 12.0 Å². The summed E-state index contributed by atoms with van der Waals surface area (Å²) in [6.45, 7) is 3.83. The fourth-order valence-corrected chi connectivity index (χ4v) is 3.77. The number of nitrogens with zero attached hydrogens (tertiary/aromatic N) is 4. The van der Waals surface area contributed by atoms with Crippen molar-refractivity contribution in [3.05, 3.63) is 23.9 Å². The summed E-state index contributed by atoms with van der Waals surface area (Å²) < 4.78 is 5.62. The summed E-state index contributed by atoms with van der Waals surface area (Å²) >= 11 is 0. The lowest BCUT2D eigenvalue weighted by Crippen LogP contribution is -2.58. The maximum atomic E-state index is 12.9. The molecule has 2 fully saturated rings. The van der Waals surface area contributed by atoms with Crippen molar-refractivity contribution >= 4 is 11.8 Å². The van der Waals surface area contributed by atoms with Crippen molar-refractivity contribution in [1.29, 1.82) is 0 Å². The Balaban J connectivity index is 1.43. The van der Waals surface area contributed by atoms with Gasteiger partial charge in [0.05, 0.1) is 25.0 Å². The third kappa shape index (κ3) is 2.73. The van der Waals surface area contributed by atoms with Crippen LogP contribution in [-0.4, -0.2) is 77.4 Å². The average Bonchev–Trinajstić information content (AvgIpc) is 2.79. The number of carbonyl (C=O) groups is 2. The highest BCUT2D eigenvalue weighted by atomic mass is 16.5. The van der Waals surface area contributed by atoms with Crippen molar-refractivity contribution in [3.63, 3.8) is 0 Å². The van der Waals surface area contributed by atoms with Crippen LogP contribution < -0.4 is 4.74 Å². The van der Waals surface area contributed by atoms with Gasteiger partial charge in [0.25, 0.3) is 0 Å². The minimum Gasteiger partial charge on any atom is -0.476 e. The summed E-state index contributed by atoms with van der Waals surface area (Å²) in [4.78, 5) is 35.3. The Hall–Kier alpha value is -2.15. The van der Waals surface area contributed by atoms with Crippen LogP contribution in [0, 0.1) is 5.92 Å². The summed E-state index contributed by atoms with van der Waals surface area (Å²) in [7, 11) is 2.04. The van der Waals surface area contributed by atoms with Crippen LogP contribution >= 0.6 is 0 Å². The van der Waals surface area contributed by atoms with Gasteiger partial charge in [-0.3, -0.25) is 9.59 Å². The van der Waals surface area contributed by atoms with Crippen molar-refractivity contribution in [3.8, 4) is 5.88 Å². The Morgan fingerprint density at radius 3 is 2.96 bits per heavy atom. The van der Waals surface area contributed by atoms with Crippen molar-refractivity contribution < 1.29 is 14.3 Å². The summed E-state index contributed by atoms with van der Waals surface area (Å²) in [5.41, 5.74) is 0.921. The maximum absolute atomic E-state index is 12.9. The SMILES string of the molecule is CN1CC(N2CC(C(=O)N3CCOc4ncccc4C3)CC2=O)C1. The van der Waals surface area contributed by atoms with Crippen molar-refractivity contribution in [1.82, 2.24) is 19.7 Å². The fraction of sp³-hybridized carbons (Fsp3) is 0.588. The quantitative estimate of drug-likeness (QED) is 0.762. The van der Waals surface area contributed by atoms with E-state index in [2.05, 4.69) is 9.88 Å². The highest BCUT2D eigenvalue weighted by Gasteiger charge is 2.42. The number of ether oxygens (including phenoxy) is 1. The standard InChI is InChI=1S/C17H22N4O3/c1-19-10-14(11-19)21-9-13(7-15(21)22)17(23)20-5-6-24-16-12(8-20)3-2-4-18-16/h2-4,13-14H,5-11H2,1H3. The lowest BCUT2D eigenvalue weighted by Gasteiger charge is -2.42. The molecule has 4 rings (SSSR count). The molecule has 0 bridgehead atoms. The number of aromatic nitrogens is 1. The van der Waals surface area contributed by atoms with Crippen LogP contribution in [0.2, 0.25) is 0 Å². The summed E-state index contributed by atoms with van der Waals surface area (Å²) in [5, 5.41) is 0. The molecule has 7 heteroatoms. The first-order valence-corrected chi connectivity index (χ1v) is 8.45. The third-order valence-electron chi connectivity index (χ3n) is 5.12. The monoisotopic (exact) mass is 330 g/mol. The fourth-order valence-electron chi connectivity index (χ4n) is 3.77. The van der Waals surface area contributed by atoms with E-state index in [-0.39, 0.29) is 23.8 Å². The number of hydrogen-bond donors (Lipinski definition) is 0. The highest BCUT2D eigenvalue weighted by molar-refractivity contribution is 5.89. The highest BCUT2D eigenvalue weighted by Crippen LogP contribution is 2.27. The zero-order valence-corrected chi connectivity index (χ0v) is 13.9. The number of likely N-dealkylation sites (tertiary alicyclic amines) is 2. The van der Waals surface area contributed by atoms with Gasteiger partial charge in [-0.1, -0.05) is 6.07 Å². The lowest BCUT2D eigenvalue weighted by molar-refractivity contribution is -0.136. The van der Waals surface area contributed by atoms with Crippen LogP contribution in [0.3, 0.4) is 0 Å². The molecule has 24 heavy (non-hydrogen) atoms. The van der Waals surface area contributed by atoms with Gasteiger partial charge in [0.2, 0.25) is 17.7 Å². The van der Waals surface area contributed by atoms with Crippen LogP contribution in [0.4, 0.5) is 0 Å². The molecule has 3 aliphatic rings. The van der Waals surface area contributed by atoms with Gasteiger partial charge in [-0.05, 0) is 13.1 Å². The molecule has 128 valence electrons. The Bertz CT molecular complexity index is 659. The second-order valence-corrected chi connectivity index (χ2v) is 6.90.